The van der Waals surface area contributed by atoms with Crippen LogP contribution in [0.5, 0.6) is 5.75 Å². The number of hydrogen-bond acceptors (Lipinski definition) is 7. The van der Waals surface area contributed by atoms with Crippen LogP contribution in [0.15, 0.2) is 24.3 Å². The second-order valence-corrected chi connectivity index (χ2v) is 8.54. The van der Waals surface area contributed by atoms with Crippen LogP contribution in [0.1, 0.15) is 31.7 Å². The third-order valence-corrected chi connectivity index (χ3v) is 6.57. The Kier molecular flexibility index (Phi) is 7.02. The first kappa shape index (κ1) is 20.7. The zero-order valence-electron chi connectivity index (χ0n) is 14.9. The Hall–Kier alpha value is -1.64. The largest absolute Gasteiger partial charge is 0.481 e. The van der Waals surface area contributed by atoms with Gasteiger partial charge in [-0.3, -0.25) is 9.77 Å². The number of rotatable bonds is 9. The highest BCUT2D eigenvalue weighted by atomic mass is 32.1. The first-order valence-corrected chi connectivity index (χ1v) is 10.7. The Bertz CT molecular complexity index is 801. The van der Waals surface area contributed by atoms with Gasteiger partial charge in [-0.1, -0.05) is 0 Å². The first-order valence-electron chi connectivity index (χ1n) is 8.11. The number of thiophene rings is 1. The van der Waals surface area contributed by atoms with Crippen LogP contribution in [0, 0.1) is 0 Å². The average Bonchev–Trinajstić information content (AvgIpc) is 3.02. The molecule has 1 atom stereocenters. The average molecular weight is 402 g/mol. The molecule has 0 fully saturated rings. The number of benzene rings is 1. The minimum absolute atomic E-state index is 0.180. The molecule has 0 aliphatic heterocycles. The van der Waals surface area contributed by atoms with E-state index in [0.717, 1.165) is 15.0 Å². The molecule has 2 rings (SSSR count). The maximum absolute atomic E-state index is 12.4. The SMILES string of the molecule is CCOP(=O)(COc1ccc2cc(C(C)N(O)C(N)=O)sc2c1)OCC. The van der Waals surface area contributed by atoms with Gasteiger partial charge in [-0.05, 0) is 50.4 Å². The van der Waals surface area contributed by atoms with Crippen molar-refractivity contribution in [3.63, 3.8) is 0 Å². The van der Waals surface area contributed by atoms with E-state index in [1.165, 1.54) is 11.3 Å². The predicted octanol–water partition coefficient (Wildman–Crippen LogP) is 4.33. The third kappa shape index (κ3) is 4.96. The second kappa shape index (κ2) is 8.83. The van der Waals surface area contributed by atoms with Crippen LogP contribution in [-0.2, 0) is 13.6 Å². The molecule has 1 aromatic heterocycles. The quantitative estimate of drug-likeness (QED) is 0.367. The number of urea groups is 1. The van der Waals surface area contributed by atoms with E-state index in [1.807, 2.05) is 12.1 Å². The third-order valence-electron chi connectivity index (χ3n) is 3.56. The fraction of sp³-hybridized carbons (Fsp3) is 0.438. The summed E-state index contributed by atoms with van der Waals surface area (Å²) < 4.78 is 29.3. The summed E-state index contributed by atoms with van der Waals surface area (Å²) in [4.78, 5) is 11.9. The van der Waals surface area contributed by atoms with Crippen molar-refractivity contribution >= 4 is 35.0 Å². The van der Waals surface area contributed by atoms with Gasteiger partial charge in [0.05, 0.1) is 19.3 Å². The monoisotopic (exact) mass is 402 g/mol. The van der Waals surface area contributed by atoms with Gasteiger partial charge < -0.3 is 19.5 Å². The van der Waals surface area contributed by atoms with Crippen molar-refractivity contribution in [2.45, 2.75) is 26.8 Å². The lowest BCUT2D eigenvalue weighted by Gasteiger charge is -2.18. The van der Waals surface area contributed by atoms with Crippen molar-refractivity contribution in [2.24, 2.45) is 5.73 Å². The summed E-state index contributed by atoms with van der Waals surface area (Å²) in [7, 11) is -3.29. The molecular weight excluding hydrogens is 379 g/mol. The lowest BCUT2D eigenvalue weighted by molar-refractivity contribution is -0.0700. The van der Waals surface area contributed by atoms with Gasteiger partial charge in [-0.2, -0.15) is 5.06 Å². The predicted molar refractivity (Wildman–Crippen MR) is 99.8 cm³/mol. The highest BCUT2D eigenvalue weighted by molar-refractivity contribution is 7.53. The number of nitrogens with zero attached hydrogens (tertiary/aromatic N) is 1. The number of nitrogens with two attached hydrogens (primary N) is 1. The van der Waals surface area contributed by atoms with E-state index < -0.39 is 19.7 Å². The summed E-state index contributed by atoms with van der Waals surface area (Å²) in [5, 5.41) is 11.1. The molecular formula is C16H23N2O6PS. The number of hydrogen-bond donors (Lipinski definition) is 2. The van der Waals surface area contributed by atoms with Crippen LogP contribution >= 0.6 is 18.9 Å². The van der Waals surface area contributed by atoms with Gasteiger partial charge in [0.1, 0.15) is 5.75 Å². The fourth-order valence-electron chi connectivity index (χ4n) is 2.30. The number of carbonyl (C=O) groups excluding carboxylic acids is 1. The van der Waals surface area contributed by atoms with Gasteiger partial charge in [0.15, 0.2) is 6.35 Å². The van der Waals surface area contributed by atoms with E-state index in [2.05, 4.69) is 0 Å². The standard InChI is InChI=1S/C16H23N2O6PS/c1-4-23-25(21,24-5-2)10-22-13-7-6-12-8-14(26-15(12)9-13)11(3)18(20)16(17)19/h6-9,11,20H,4-5,10H2,1-3H3,(H2,17,19). The number of carbonyl (C=O) groups is 1. The number of primary amides is 1. The molecule has 0 aliphatic carbocycles. The molecule has 1 unspecified atom stereocenters. The van der Waals surface area contributed by atoms with Crippen molar-refractivity contribution in [3.05, 3.63) is 29.1 Å². The molecule has 0 bridgehead atoms. The lowest BCUT2D eigenvalue weighted by atomic mass is 10.2. The molecule has 0 aliphatic rings. The highest BCUT2D eigenvalue weighted by Crippen LogP contribution is 2.48. The molecule has 3 N–H and O–H groups in total. The highest BCUT2D eigenvalue weighted by Gasteiger charge is 2.25. The normalized spacial score (nSPS) is 12.9. The number of ether oxygens (including phenoxy) is 1. The van der Waals surface area contributed by atoms with Crippen molar-refractivity contribution in [3.8, 4) is 5.75 Å². The first-order chi connectivity index (χ1) is 12.3. The van der Waals surface area contributed by atoms with E-state index >= 15 is 0 Å². The zero-order valence-corrected chi connectivity index (χ0v) is 16.6. The van der Waals surface area contributed by atoms with E-state index in [1.54, 1.807) is 32.9 Å². The molecule has 0 radical (unpaired) electrons. The molecule has 144 valence electrons. The Morgan fingerprint density at radius 2 is 1.96 bits per heavy atom. The summed E-state index contributed by atoms with van der Waals surface area (Å²) in [6.45, 7) is 5.69. The molecule has 2 aromatic rings. The van der Waals surface area contributed by atoms with E-state index in [0.29, 0.717) is 10.8 Å². The van der Waals surface area contributed by atoms with Crippen LogP contribution in [0.2, 0.25) is 0 Å². The maximum atomic E-state index is 12.4. The minimum atomic E-state index is -3.29. The minimum Gasteiger partial charge on any atom is -0.481 e. The summed E-state index contributed by atoms with van der Waals surface area (Å²) in [5.41, 5.74) is 5.09. The summed E-state index contributed by atoms with van der Waals surface area (Å²) in [6, 6.07) is 5.77. The Labute approximate surface area is 155 Å². The van der Waals surface area contributed by atoms with E-state index in [4.69, 9.17) is 19.5 Å². The number of amides is 2. The number of fused-ring (bicyclic) bond motifs is 1. The summed E-state index contributed by atoms with van der Waals surface area (Å²) in [6.07, 6.45) is -0.180. The Balaban J connectivity index is 2.16. The smallest absolute Gasteiger partial charge is 0.367 e. The molecule has 1 aromatic carbocycles. The van der Waals surface area contributed by atoms with Crippen LogP contribution < -0.4 is 10.5 Å². The Morgan fingerprint density at radius 3 is 2.54 bits per heavy atom. The van der Waals surface area contributed by atoms with Gasteiger partial charge in [0.2, 0.25) is 0 Å². The van der Waals surface area contributed by atoms with Crippen molar-refractivity contribution in [1.82, 2.24) is 5.06 Å². The number of hydroxylamine groups is 2. The van der Waals surface area contributed by atoms with E-state index in [-0.39, 0.29) is 19.6 Å². The van der Waals surface area contributed by atoms with Crippen molar-refractivity contribution in [1.29, 1.82) is 0 Å². The molecule has 0 saturated carbocycles. The van der Waals surface area contributed by atoms with E-state index in [9.17, 15) is 14.6 Å². The topological polar surface area (TPSA) is 111 Å². The zero-order chi connectivity index (χ0) is 19.3. The summed E-state index contributed by atoms with van der Waals surface area (Å²) in [5.74, 6) is 0.522. The van der Waals surface area contributed by atoms with Crippen LogP contribution in [0.4, 0.5) is 4.79 Å². The van der Waals surface area contributed by atoms with Gasteiger partial charge in [0, 0.05) is 9.58 Å². The van der Waals surface area contributed by atoms with Crippen molar-refractivity contribution in [2.75, 3.05) is 19.6 Å². The maximum Gasteiger partial charge on any atom is 0.367 e. The van der Waals surface area contributed by atoms with Crippen LogP contribution in [0.3, 0.4) is 0 Å². The lowest BCUT2D eigenvalue weighted by Crippen LogP contribution is -2.34. The van der Waals surface area contributed by atoms with Gasteiger partial charge >= 0.3 is 13.6 Å². The van der Waals surface area contributed by atoms with Crippen LogP contribution in [0.25, 0.3) is 10.1 Å². The fourth-order valence-corrected chi connectivity index (χ4v) is 4.75. The van der Waals surface area contributed by atoms with Gasteiger partial charge in [0.25, 0.3) is 0 Å². The summed E-state index contributed by atoms with van der Waals surface area (Å²) >= 11 is 1.40. The van der Waals surface area contributed by atoms with Gasteiger partial charge in [-0.15, -0.1) is 11.3 Å². The van der Waals surface area contributed by atoms with Crippen molar-refractivity contribution < 1.29 is 28.4 Å². The molecule has 1 heterocycles. The van der Waals surface area contributed by atoms with Crippen LogP contribution in [-0.4, -0.2) is 35.9 Å². The molecule has 2 amide bonds. The molecule has 0 saturated heterocycles. The van der Waals surface area contributed by atoms with Gasteiger partial charge in [-0.25, -0.2) is 4.79 Å². The molecule has 8 nitrogen and oxygen atoms in total. The molecule has 0 spiro atoms. The molecule has 10 heteroatoms. The molecule has 26 heavy (non-hydrogen) atoms. The second-order valence-electron chi connectivity index (χ2n) is 5.43. The Morgan fingerprint density at radius 1 is 1.31 bits per heavy atom.